The molecule has 2 atom stereocenters. The van der Waals surface area contributed by atoms with Crippen LogP contribution in [0.25, 0.3) is 5.70 Å². The molecule has 0 bridgehead atoms. The molecule has 6 nitrogen and oxygen atoms in total. The highest BCUT2D eigenvalue weighted by molar-refractivity contribution is 7.81. The number of thiocarbonyl (C=S) groups is 2. The number of halogens is 1. The summed E-state index contributed by atoms with van der Waals surface area (Å²) in [6.07, 6.45) is 1.68. The van der Waals surface area contributed by atoms with Gasteiger partial charge in [-0.25, -0.2) is 4.99 Å². The van der Waals surface area contributed by atoms with E-state index < -0.39 is 11.5 Å². The highest BCUT2D eigenvalue weighted by atomic mass is 35.5. The molecule has 0 aromatic heterocycles. The van der Waals surface area contributed by atoms with E-state index in [-0.39, 0.29) is 10.8 Å². The van der Waals surface area contributed by atoms with E-state index in [1.165, 1.54) is 0 Å². The number of rotatable bonds is 2. The van der Waals surface area contributed by atoms with Gasteiger partial charge in [0.1, 0.15) is 27.6 Å². The van der Waals surface area contributed by atoms with Crippen molar-refractivity contribution in [3.63, 3.8) is 0 Å². The third-order valence-corrected chi connectivity index (χ3v) is 5.08. The third kappa shape index (κ3) is 2.89. The highest BCUT2D eigenvalue weighted by Gasteiger charge is 2.44. The van der Waals surface area contributed by atoms with Crippen LogP contribution in [0.3, 0.4) is 0 Å². The average molecular weight is 403 g/mol. The van der Waals surface area contributed by atoms with Gasteiger partial charge in [0.05, 0.1) is 22.9 Å². The predicted octanol–water partition coefficient (Wildman–Crippen LogP) is 2.05. The lowest BCUT2D eigenvalue weighted by Crippen LogP contribution is -2.54. The van der Waals surface area contributed by atoms with Crippen molar-refractivity contribution in [2.24, 2.45) is 28.1 Å². The van der Waals surface area contributed by atoms with E-state index in [1.54, 1.807) is 42.2 Å². The molecule has 0 aliphatic carbocycles. The predicted molar refractivity (Wildman–Crippen MR) is 111 cm³/mol. The van der Waals surface area contributed by atoms with Crippen LogP contribution in [0.5, 0.6) is 0 Å². The van der Waals surface area contributed by atoms with E-state index >= 15 is 0 Å². The topological polar surface area (TPSA) is 117 Å². The first kappa shape index (κ1) is 18.5. The molecule has 6 N–H and O–H groups in total. The summed E-state index contributed by atoms with van der Waals surface area (Å²) in [6.45, 7) is 1.72. The van der Waals surface area contributed by atoms with Gasteiger partial charge in [0.25, 0.3) is 0 Å². The Labute approximate surface area is 166 Å². The van der Waals surface area contributed by atoms with Crippen LogP contribution in [0.2, 0.25) is 5.02 Å². The van der Waals surface area contributed by atoms with Crippen LogP contribution in [0.15, 0.2) is 46.7 Å². The van der Waals surface area contributed by atoms with Crippen molar-refractivity contribution in [1.29, 1.82) is 5.26 Å². The molecular formula is C17H15ClN6S2. The summed E-state index contributed by atoms with van der Waals surface area (Å²) in [7, 11) is 0. The first-order chi connectivity index (χ1) is 12.2. The first-order valence-electron chi connectivity index (χ1n) is 7.57. The first-order valence-corrected chi connectivity index (χ1v) is 8.76. The number of aliphatic imine (C=N–C) groups is 1. The average Bonchev–Trinajstić information content (AvgIpc) is 2.53. The van der Waals surface area contributed by atoms with E-state index in [9.17, 15) is 5.26 Å². The quantitative estimate of drug-likeness (QED) is 0.648. The molecule has 0 saturated heterocycles. The number of nitrogens with zero attached hydrogens (tertiary/aromatic N) is 3. The molecule has 0 spiro atoms. The molecule has 0 fully saturated rings. The molecule has 2 heterocycles. The van der Waals surface area contributed by atoms with Gasteiger partial charge in [0, 0.05) is 5.02 Å². The fraction of sp³-hybridized carbons (Fsp3) is 0.176. The van der Waals surface area contributed by atoms with Crippen molar-refractivity contribution >= 4 is 57.5 Å². The second-order valence-electron chi connectivity index (χ2n) is 6.20. The Bertz CT molecular complexity index is 952. The van der Waals surface area contributed by atoms with Gasteiger partial charge in [-0.3, -0.25) is 4.90 Å². The molecule has 3 rings (SSSR count). The fourth-order valence-corrected chi connectivity index (χ4v) is 3.79. The maximum absolute atomic E-state index is 9.59. The normalized spacial score (nSPS) is 25.2. The van der Waals surface area contributed by atoms with Crippen LogP contribution in [0.1, 0.15) is 12.5 Å². The largest absolute Gasteiger partial charge is 0.389 e. The summed E-state index contributed by atoms with van der Waals surface area (Å²) >= 11 is 16.8. The van der Waals surface area contributed by atoms with Crippen molar-refractivity contribution in [1.82, 2.24) is 4.90 Å². The number of nitrogens with two attached hydrogens (primary N) is 3. The van der Waals surface area contributed by atoms with Crippen molar-refractivity contribution in [3.05, 3.63) is 52.3 Å². The molecule has 132 valence electrons. The molecule has 0 saturated carbocycles. The zero-order valence-electron chi connectivity index (χ0n) is 13.7. The Morgan fingerprint density at radius 1 is 1.38 bits per heavy atom. The molecule has 2 aliphatic rings. The number of fused-ring (bicyclic) bond motifs is 1. The number of nitriles is 1. The molecular weight excluding hydrogens is 388 g/mol. The smallest absolute Gasteiger partial charge is 0.138 e. The lowest BCUT2D eigenvalue weighted by Gasteiger charge is -2.42. The summed E-state index contributed by atoms with van der Waals surface area (Å²) in [6, 6.07) is 9.23. The van der Waals surface area contributed by atoms with Gasteiger partial charge in [-0.05, 0) is 30.7 Å². The van der Waals surface area contributed by atoms with Crippen molar-refractivity contribution in [2.75, 3.05) is 0 Å². The van der Waals surface area contributed by atoms with E-state index in [4.69, 9.17) is 53.2 Å². The van der Waals surface area contributed by atoms with Crippen molar-refractivity contribution in [3.8, 4) is 6.07 Å². The zero-order chi connectivity index (χ0) is 19.2. The number of benzene rings is 1. The molecule has 1 aromatic carbocycles. The van der Waals surface area contributed by atoms with Crippen LogP contribution in [-0.4, -0.2) is 26.3 Å². The van der Waals surface area contributed by atoms with Gasteiger partial charge in [-0.2, -0.15) is 5.26 Å². The Morgan fingerprint density at radius 3 is 2.54 bits per heavy atom. The molecule has 1 aromatic rings. The maximum Gasteiger partial charge on any atom is 0.138 e. The monoisotopic (exact) mass is 402 g/mol. The Kier molecular flexibility index (Phi) is 4.58. The number of hydrogen-bond acceptors (Lipinski definition) is 6. The van der Waals surface area contributed by atoms with E-state index in [0.717, 1.165) is 5.56 Å². The lowest BCUT2D eigenvalue weighted by molar-refractivity contribution is 0.464. The minimum atomic E-state index is -0.979. The van der Waals surface area contributed by atoms with Crippen LogP contribution < -0.4 is 17.2 Å². The van der Waals surface area contributed by atoms with Gasteiger partial charge in [0.2, 0.25) is 0 Å². The Morgan fingerprint density at radius 2 is 2.00 bits per heavy atom. The van der Waals surface area contributed by atoms with E-state index in [1.807, 2.05) is 0 Å². The second-order valence-corrected chi connectivity index (χ2v) is 7.49. The summed E-state index contributed by atoms with van der Waals surface area (Å²) in [5.41, 5.74) is 19.0. The Balaban J connectivity index is 2.32. The minimum absolute atomic E-state index is 0.0765. The van der Waals surface area contributed by atoms with Crippen molar-refractivity contribution < 1.29 is 0 Å². The molecule has 26 heavy (non-hydrogen) atoms. The molecule has 9 heteroatoms. The van der Waals surface area contributed by atoms with E-state index in [2.05, 4.69) is 11.1 Å². The molecule has 2 unspecified atom stereocenters. The van der Waals surface area contributed by atoms with Crippen LogP contribution >= 0.6 is 36.0 Å². The summed E-state index contributed by atoms with van der Waals surface area (Å²) < 4.78 is 0. The zero-order valence-corrected chi connectivity index (χ0v) is 16.1. The molecule has 2 aliphatic heterocycles. The number of hydrogen-bond donors (Lipinski definition) is 3. The van der Waals surface area contributed by atoms with Crippen LogP contribution in [0.4, 0.5) is 0 Å². The maximum atomic E-state index is 9.59. The van der Waals surface area contributed by atoms with Crippen LogP contribution in [0, 0.1) is 17.2 Å². The van der Waals surface area contributed by atoms with Gasteiger partial charge >= 0.3 is 0 Å². The van der Waals surface area contributed by atoms with Crippen LogP contribution in [-0.2, 0) is 0 Å². The fourth-order valence-electron chi connectivity index (χ4n) is 2.97. The standard InChI is InChI=1S/C17H15ClN6S2/c1-17(22)6-11-23-14(20)12(15(21)25)13(8-2-4-9(18)5-3-8)24(11)16(26)10(17)7-19/h2-6,10H,22H2,1H3,(H2,20,23)(H2,21,25). The minimum Gasteiger partial charge on any atom is -0.389 e. The lowest BCUT2D eigenvalue weighted by atomic mass is 9.83. The summed E-state index contributed by atoms with van der Waals surface area (Å²) in [5.74, 6) is -0.126. The number of amidine groups is 1. The summed E-state index contributed by atoms with van der Waals surface area (Å²) in [4.78, 5) is 6.41. The van der Waals surface area contributed by atoms with Gasteiger partial charge in [-0.15, -0.1) is 0 Å². The highest BCUT2D eigenvalue weighted by Crippen LogP contribution is 2.39. The Hall–Kier alpha value is -2.31. The third-order valence-electron chi connectivity index (χ3n) is 4.20. The SMILES string of the molecule is CC1(N)C=C2N=C(N)C(C(N)=S)=C(c3ccc(Cl)cc3)N2C(=S)C1C#N. The van der Waals surface area contributed by atoms with Gasteiger partial charge < -0.3 is 17.2 Å². The van der Waals surface area contributed by atoms with Crippen molar-refractivity contribution in [2.45, 2.75) is 12.5 Å². The molecule has 0 radical (unpaired) electrons. The van der Waals surface area contributed by atoms with E-state index in [0.29, 0.717) is 27.1 Å². The van der Waals surface area contributed by atoms with Gasteiger partial charge in [0.15, 0.2) is 0 Å². The molecule has 0 amide bonds. The second kappa shape index (κ2) is 6.45. The summed E-state index contributed by atoms with van der Waals surface area (Å²) in [5, 5.41) is 10.2. The van der Waals surface area contributed by atoms with Gasteiger partial charge in [-0.1, -0.05) is 48.2 Å².